The summed E-state index contributed by atoms with van der Waals surface area (Å²) in [5.74, 6) is -0.775. The largest absolute Gasteiger partial charge is 0.497 e. The molecule has 0 bridgehead atoms. The molecule has 0 radical (unpaired) electrons. The number of hydrogen-bond acceptors (Lipinski definition) is 3. The zero-order valence-corrected chi connectivity index (χ0v) is 22.4. The summed E-state index contributed by atoms with van der Waals surface area (Å²) in [5.41, 5.74) is 0.712. The predicted octanol–water partition coefficient (Wildman–Crippen LogP) is 8.59. The Morgan fingerprint density at radius 1 is 0.641 bits per heavy atom. The van der Waals surface area contributed by atoms with Crippen LogP contribution in [-0.4, -0.2) is 12.9 Å². The second-order valence-electron chi connectivity index (χ2n) is 8.49. The lowest BCUT2D eigenvalue weighted by Crippen LogP contribution is -2.05. The fraction of sp³-hybridized carbons (Fsp3) is 0.0312. The number of ketones is 1. The number of ether oxygens (including phenoxy) is 1. The van der Waals surface area contributed by atoms with Gasteiger partial charge < -0.3 is 4.74 Å². The van der Waals surface area contributed by atoms with E-state index in [2.05, 4.69) is 0 Å². The highest BCUT2D eigenvalue weighted by Gasteiger charge is 2.29. The molecular weight excluding hydrogens is 537 g/mol. The maximum Gasteiger partial charge on any atom is 0.193 e. The Morgan fingerprint density at radius 2 is 1.13 bits per heavy atom. The van der Waals surface area contributed by atoms with Crippen molar-refractivity contribution >= 4 is 28.4 Å². The molecule has 0 saturated heterocycles. The third-order valence-electron chi connectivity index (χ3n) is 5.93. The van der Waals surface area contributed by atoms with Crippen molar-refractivity contribution in [3.05, 3.63) is 144 Å². The molecule has 0 amide bonds. The summed E-state index contributed by atoms with van der Waals surface area (Å²) in [5, 5.41) is 0. The summed E-state index contributed by atoms with van der Waals surface area (Å²) in [6.45, 7) is 0. The highest BCUT2D eigenvalue weighted by Crippen LogP contribution is 2.35. The number of carbonyl (C=O) groups excluding carboxylic acids is 1. The fourth-order valence-electron chi connectivity index (χ4n) is 3.95. The van der Waals surface area contributed by atoms with Crippen LogP contribution in [0.3, 0.4) is 0 Å². The van der Waals surface area contributed by atoms with Gasteiger partial charge in [0, 0.05) is 20.9 Å². The van der Waals surface area contributed by atoms with Crippen LogP contribution in [0, 0.1) is 17.5 Å². The molecule has 0 atom stereocenters. The van der Waals surface area contributed by atoms with Gasteiger partial charge in [-0.1, -0.05) is 11.8 Å². The standard InChI is InChI=1S/C32H22F3O2S2/c1-37-25-9-2-21(3-10-25)32(36)22-4-19-31(30(35)20-22)38-26-11-17-29(18-12-26)39(27-13-5-23(33)6-14-27)28-15-7-24(34)8-16-28/h2-20H,1H3/q+1. The molecule has 0 spiro atoms. The van der Waals surface area contributed by atoms with Crippen LogP contribution < -0.4 is 4.74 Å². The van der Waals surface area contributed by atoms with Crippen LogP contribution in [0.5, 0.6) is 5.75 Å². The van der Waals surface area contributed by atoms with Crippen LogP contribution in [0.2, 0.25) is 0 Å². The van der Waals surface area contributed by atoms with Crippen molar-refractivity contribution in [1.29, 1.82) is 0 Å². The first-order chi connectivity index (χ1) is 18.9. The van der Waals surface area contributed by atoms with E-state index in [1.54, 1.807) is 67.8 Å². The molecule has 0 aromatic heterocycles. The number of methoxy groups -OCH3 is 1. The number of halogens is 3. The van der Waals surface area contributed by atoms with Crippen molar-refractivity contribution in [2.75, 3.05) is 7.11 Å². The smallest absolute Gasteiger partial charge is 0.193 e. The Labute approximate surface area is 231 Å². The molecular formula is C32H22F3O2S2+. The van der Waals surface area contributed by atoms with Crippen LogP contribution in [-0.2, 0) is 10.9 Å². The monoisotopic (exact) mass is 559 g/mol. The molecule has 0 unspecified atom stereocenters. The zero-order chi connectivity index (χ0) is 27.4. The van der Waals surface area contributed by atoms with Gasteiger partial charge in [0.1, 0.15) is 23.2 Å². The van der Waals surface area contributed by atoms with Crippen molar-refractivity contribution < 1.29 is 22.7 Å². The minimum atomic E-state index is -0.581. The van der Waals surface area contributed by atoms with Crippen LogP contribution in [0.15, 0.2) is 140 Å². The topological polar surface area (TPSA) is 26.3 Å². The van der Waals surface area contributed by atoms with E-state index in [4.69, 9.17) is 4.74 Å². The van der Waals surface area contributed by atoms with Crippen molar-refractivity contribution in [2.24, 2.45) is 0 Å². The van der Waals surface area contributed by atoms with E-state index in [0.29, 0.717) is 16.2 Å². The molecule has 0 saturated carbocycles. The third kappa shape index (κ3) is 6.21. The fourth-order valence-corrected chi connectivity index (χ4v) is 6.81. The number of carbonyl (C=O) groups is 1. The second-order valence-corrected chi connectivity index (χ2v) is 11.6. The minimum absolute atomic E-state index is 0.264. The highest BCUT2D eigenvalue weighted by atomic mass is 32.2. The van der Waals surface area contributed by atoms with Gasteiger partial charge in [-0.3, -0.25) is 4.79 Å². The molecule has 194 valence electrons. The van der Waals surface area contributed by atoms with Crippen molar-refractivity contribution in [3.63, 3.8) is 0 Å². The van der Waals surface area contributed by atoms with E-state index in [0.717, 1.165) is 19.6 Å². The highest BCUT2D eigenvalue weighted by molar-refractivity contribution is 7.99. The summed E-state index contributed by atoms with van der Waals surface area (Å²) in [4.78, 5) is 16.7. The van der Waals surface area contributed by atoms with Crippen LogP contribution >= 0.6 is 11.8 Å². The van der Waals surface area contributed by atoms with E-state index in [1.165, 1.54) is 42.1 Å². The van der Waals surface area contributed by atoms with Crippen molar-refractivity contribution in [3.8, 4) is 5.75 Å². The Balaban J connectivity index is 1.36. The van der Waals surface area contributed by atoms with Crippen LogP contribution in [0.1, 0.15) is 15.9 Å². The van der Waals surface area contributed by atoms with Crippen LogP contribution in [0.4, 0.5) is 13.2 Å². The minimum Gasteiger partial charge on any atom is -0.497 e. The first kappa shape index (κ1) is 26.7. The molecule has 0 N–H and O–H groups in total. The Morgan fingerprint density at radius 3 is 1.62 bits per heavy atom. The lowest BCUT2D eigenvalue weighted by Gasteiger charge is -2.10. The number of benzene rings is 5. The lowest BCUT2D eigenvalue weighted by atomic mass is 10.0. The molecule has 5 aromatic rings. The van der Waals surface area contributed by atoms with Gasteiger partial charge in [0.15, 0.2) is 20.5 Å². The SMILES string of the molecule is COc1ccc(C(=O)c2ccc(Sc3ccc([S+](c4ccc(F)cc4)c4ccc(F)cc4)cc3)c(F)c2)cc1. The number of hydrogen-bond donors (Lipinski definition) is 0. The Hall–Kier alpha value is -3.94. The van der Waals surface area contributed by atoms with Gasteiger partial charge in [0.05, 0.1) is 18.0 Å². The average molecular weight is 560 g/mol. The zero-order valence-electron chi connectivity index (χ0n) is 20.7. The van der Waals surface area contributed by atoms with E-state index < -0.39 is 16.7 Å². The molecule has 39 heavy (non-hydrogen) atoms. The van der Waals surface area contributed by atoms with Gasteiger partial charge in [-0.2, -0.15) is 0 Å². The normalized spacial score (nSPS) is 11.0. The lowest BCUT2D eigenvalue weighted by molar-refractivity contribution is 0.103. The van der Waals surface area contributed by atoms with Gasteiger partial charge in [-0.25, -0.2) is 13.2 Å². The summed E-state index contributed by atoms with van der Waals surface area (Å²) >= 11 is 1.25. The third-order valence-corrected chi connectivity index (χ3v) is 9.22. The first-order valence-electron chi connectivity index (χ1n) is 11.9. The quantitative estimate of drug-likeness (QED) is 0.141. The molecule has 5 aromatic carbocycles. The summed E-state index contributed by atoms with van der Waals surface area (Å²) in [6, 6.07) is 31.4. The summed E-state index contributed by atoms with van der Waals surface area (Å²) in [7, 11) is 0.966. The second kappa shape index (κ2) is 11.8. The number of rotatable bonds is 8. The Kier molecular flexibility index (Phi) is 8.10. The predicted molar refractivity (Wildman–Crippen MR) is 148 cm³/mol. The van der Waals surface area contributed by atoms with Crippen LogP contribution in [0.25, 0.3) is 0 Å². The molecule has 7 heteroatoms. The van der Waals surface area contributed by atoms with Gasteiger partial charge in [-0.05, 0) is 115 Å². The average Bonchev–Trinajstić information content (AvgIpc) is 2.97. The molecule has 0 aliphatic carbocycles. The molecule has 0 heterocycles. The molecule has 5 rings (SSSR count). The summed E-state index contributed by atoms with van der Waals surface area (Å²) < 4.78 is 47.3. The molecule has 0 fully saturated rings. The van der Waals surface area contributed by atoms with Gasteiger partial charge >= 0.3 is 0 Å². The van der Waals surface area contributed by atoms with Gasteiger partial charge in [0.2, 0.25) is 0 Å². The summed E-state index contributed by atoms with van der Waals surface area (Å²) in [6.07, 6.45) is 0. The molecule has 0 aliphatic heterocycles. The van der Waals surface area contributed by atoms with Gasteiger partial charge in [-0.15, -0.1) is 0 Å². The van der Waals surface area contributed by atoms with E-state index in [9.17, 15) is 18.0 Å². The van der Waals surface area contributed by atoms with Crippen molar-refractivity contribution in [1.82, 2.24) is 0 Å². The van der Waals surface area contributed by atoms with E-state index >= 15 is 0 Å². The maximum atomic E-state index is 15.0. The van der Waals surface area contributed by atoms with E-state index in [1.807, 2.05) is 24.3 Å². The van der Waals surface area contributed by atoms with Gasteiger partial charge in [0.25, 0.3) is 0 Å². The maximum absolute atomic E-state index is 15.0. The molecule has 0 aliphatic rings. The molecule has 2 nitrogen and oxygen atoms in total. The van der Waals surface area contributed by atoms with Crippen molar-refractivity contribution in [2.45, 2.75) is 24.5 Å². The Bertz CT molecular complexity index is 1540. The first-order valence-corrected chi connectivity index (χ1v) is 14.0. The van der Waals surface area contributed by atoms with E-state index in [-0.39, 0.29) is 23.0 Å².